The van der Waals surface area contributed by atoms with Crippen molar-refractivity contribution < 1.29 is 9.53 Å². The van der Waals surface area contributed by atoms with E-state index in [-0.39, 0.29) is 12.0 Å². The lowest BCUT2D eigenvalue weighted by Crippen LogP contribution is -2.25. The molecule has 0 fully saturated rings. The van der Waals surface area contributed by atoms with Crippen molar-refractivity contribution in [3.8, 4) is 0 Å². The Morgan fingerprint density at radius 1 is 1.37 bits per heavy atom. The number of hydrogen-bond donors (Lipinski definition) is 1. The average molecular weight is 328 g/mol. The van der Waals surface area contributed by atoms with Crippen molar-refractivity contribution >= 4 is 21.8 Å². The zero-order chi connectivity index (χ0) is 14.3. The van der Waals surface area contributed by atoms with Crippen molar-refractivity contribution in [1.29, 1.82) is 0 Å². The van der Waals surface area contributed by atoms with E-state index in [4.69, 9.17) is 4.74 Å². The molecule has 0 unspecified atom stereocenters. The van der Waals surface area contributed by atoms with Gasteiger partial charge in [-0.2, -0.15) is 0 Å². The maximum atomic E-state index is 12.0. The van der Waals surface area contributed by atoms with Gasteiger partial charge in [-0.25, -0.2) is 0 Å². The number of aryl methyl sites for hydroxylation is 1. The Bertz CT molecular complexity index is 419. The topological polar surface area (TPSA) is 38.3 Å². The summed E-state index contributed by atoms with van der Waals surface area (Å²) < 4.78 is 6.28. The summed E-state index contributed by atoms with van der Waals surface area (Å²) in [6, 6.07) is 5.77. The number of rotatable bonds is 7. The Hall–Kier alpha value is -0.870. The predicted octanol–water partition coefficient (Wildman–Crippen LogP) is 3.69. The van der Waals surface area contributed by atoms with Gasteiger partial charge in [0.05, 0.1) is 11.7 Å². The van der Waals surface area contributed by atoms with Crippen LogP contribution in [0.5, 0.6) is 0 Å². The highest BCUT2D eigenvalue weighted by Crippen LogP contribution is 2.17. The molecule has 0 bridgehead atoms. The minimum Gasteiger partial charge on any atom is -0.379 e. The van der Waals surface area contributed by atoms with Crippen molar-refractivity contribution in [2.24, 2.45) is 0 Å². The molecule has 0 saturated carbocycles. The van der Waals surface area contributed by atoms with E-state index in [1.807, 2.05) is 39.0 Å². The Balaban J connectivity index is 2.29. The van der Waals surface area contributed by atoms with Crippen LogP contribution in [0.3, 0.4) is 0 Å². The van der Waals surface area contributed by atoms with Crippen LogP contribution in [0.1, 0.15) is 42.6 Å². The average Bonchev–Trinajstić information content (AvgIpc) is 2.36. The number of hydrogen-bond acceptors (Lipinski definition) is 2. The van der Waals surface area contributed by atoms with Gasteiger partial charge < -0.3 is 10.1 Å². The highest BCUT2D eigenvalue weighted by molar-refractivity contribution is 9.10. The van der Waals surface area contributed by atoms with Crippen LogP contribution in [-0.4, -0.2) is 25.2 Å². The van der Waals surface area contributed by atoms with E-state index in [2.05, 4.69) is 21.2 Å². The first-order chi connectivity index (χ1) is 9.00. The molecule has 19 heavy (non-hydrogen) atoms. The van der Waals surface area contributed by atoms with Crippen molar-refractivity contribution in [2.75, 3.05) is 13.2 Å². The molecular weight excluding hydrogens is 306 g/mol. The fraction of sp³-hybridized carbons (Fsp3) is 0.533. The molecule has 3 nitrogen and oxygen atoms in total. The SMILES string of the molecule is Cc1ccc(Br)c(C(=O)NCCCCOC(C)C)c1. The monoisotopic (exact) mass is 327 g/mol. The first kappa shape index (κ1) is 16.2. The summed E-state index contributed by atoms with van der Waals surface area (Å²) in [5, 5.41) is 2.93. The zero-order valence-electron chi connectivity index (χ0n) is 11.8. The number of carbonyl (C=O) groups is 1. The molecule has 106 valence electrons. The van der Waals surface area contributed by atoms with Crippen LogP contribution in [-0.2, 0) is 4.74 Å². The number of amides is 1. The van der Waals surface area contributed by atoms with Crippen LogP contribution in [0.4, 0.5) is 0 Å². The lowest BCUT2D eigenvalue weighted by molar-refractivity contribution is 0.0754. The van der Waals surface area contributed by atoms with Crippen LogP contribution in [0, 0.1) is 6.92 Å². The van der Waals surface area contributed by atoms with Crippen LogP contribution >= 0.6 is 15.9 Å². The first-order valence-electron chi connectivity index (χ1n) is 6.66. The van der Waals surface area contributed by atoms with Crippen LogP contribution in [0.25, 0.3) is 0 Å². The van der Waals surface area contributed by atoms with E-state index in [0.29, 0.717) is 12.1 Å². The molecule has 1 N–H and O–H groups in total. The predicted molar refractivity (Wildman–Crippen MR) is 81.5 cm³/mol. The molecular formula is C15H22BrNO2. The quantitative estimate of drug-likeness (QED) is 0.775. The molecule has 1 amide bonds. The van der Waals surface area contributed by atoms with E-state index in [1.54, 1.807) is 0 Å². The molecule has 0 aliphatic rings. The van der Waals surface area contributed by atoms with Crippen molar-refractivity contribution in [3.05, 3.63) is 33.8 Å². The molecule has 1 rings (SSSR count). The van der Waals surface area contributed by atoms with Gasteiger partial charge in [-0.3, -0.25) is 4.79 Å². The Kier molecular flexibility index (Phi) is 7.10. The third-order valence-electron chi connectivity index (χ3n) is 2.67. The highest BCUT2D eigenvalue weighted by atomic mass is 79.9. The minimum atomic E-state index is -0.0275. The number of carbonyl (C=O) groups excluding carboxylic acids is 1. The van der Waals surface area contributed by atoms with Crippen LogP contribution in [0.15, 0.2) is 22.7 Å². The summed E-state index contributed by atoms with van der Waals surface area (Å²) >= 11 is 3.40. The summed E-state index contributed by atoms with van der Waals surface area (Å²) in [6.07, 6.45) is 2.17. The Morgan fingerprint density at radius 2 is 2.11 bits per heavy atom. The maximum Gasteiger partial charge on any atom is 0.252 e. The second-order valence-corrected chi connectivity index (χ2v) is 5.72. The van der Waals surface area contributed by atoms with Crippen LogP contribution in [0.2, 0.25) is 0 Å². The van der Waals surface area contributed by atoms with Gasteiger partial charge >= 0.3 is 0 Å². The molecule has 0 spiro atoms. The lowest BCUT2D eigenvalue weighted by atomic mass is 10.1. The normalized spacial score (nSPS) is 10.8. The molecule has 0 aliphatic heterocycles. The first-order valence-corrected chi connectivity index (χ1v) is 7.46. The van der Waals surface area contributed by atoms with Gasteiger partial charge in [-0.1, -0.05) is 11.6 Å². The maximum absolute atomic E-state index is 12.0. The van der Waals surface area contributed by atoms with E-state index >= 15 is 0 Å². The van der Waals surface area contributed by atoms with E-state index in [9.17, 15) is 4.79 Å². The van der Waals surface area contributed by atoms with E-state index < -0.39 is 0 Å². The number of unbranched alkanes of at least 4 members (excludes halogenated alkanes) is 1. The zero-order valence-corrected chi connectivity index (χ0v) is 13.4. The smallest absolute Gasteiger partial charge is 0.252 e. The molecule has 1 aromatic carbocycles. The molecule has 4 heteroatoms. The fourth-order valence-electron chi connectivity index (χ4n) is 1.66. The van der Waals surface area contributed by atoms with Crippen molar-refractivity contribution in [2.45, 2.75) is 39.7 Å². The molecule has 0 aliphatic carbocycles. The van der Waals surface area contributed by atoms with Gasteiger partial charge in [0.2, 0.25) is 0 Å². The molecule has 0 aromatic heterocycles. The largest absolute Gasteiger partial charge is 0.379 e. The summed E-state index contributed by atoms with van der Waals surface area (Å²) in [4.78, 5) is 12.0. The van der Waals surface area contributed by atoms with Gasteiger partial charge in [0.15, 0.2) is 0 Å². The minimum absolute atomic E-state index is 0.0275. The Labute approximate surface area is 123 Å². The number of benzene rings is 1. The molecule has 0 saturated heterocycles. The molecule has 0 heterocycles. The summed E-state index contributed by atoms with van der Waals surface area (Å²) in [5.41, 5.74) is 1.78. The second-order valence-electron chi connectivity index (χ2n) is 4.87. The Morgan fingerprint density at radius 3 is 2.79 bits per heavy atom. The van der Waals surface area contributed by atoms with Crippen LogP contribution < -0.4 is 5.32 Å². The van der Waals surface area contributed by atoms with E-state index in [0.717, 1.165) is 29.5 Å². The second kappa shape index (κ2) is 8.33. The van der Waals surface area contributed by atoms with Gasteiger partial charge in [0.25, 0.3) is 5.91 Å². The van der Waals surface area contributed by atoms with Gasteiger partial charge in [0.1, 0.15) is 0 Å². The highest BCUT2D eigenvalue weighted by Gasteiger charge is 2.09. The molecule has 0 radical (unpaired) electrons. The summed E-state index contributed by atoms with van der Waals surface area (Å²) in [5.74, 6) is -0.0275. The van der Waals surface area contributed by atoms with Gasteiger partial charge in [0, 0.05) is 17.6 Å². The number of ether oxygens (including phenoxy) is 1. The van der Waals surface area contributed by atoms with Gasteiger partial charge in [-0.15, -0.1) is 0 Å². The van der Waals surface area contributed by atoms with E-state index in [1.165, 1.54) is 0 Å². The standard InChI is InChI=1S/C15H22BrNO2/c1-11(2)19-9-5-4-8-17-15(18)13-10-12(3)6-7-14(13)16/h6-7,10-11H,4-5,8-9H2,1-3H3,(H,17,18). The molecule has 1 aromatic rings. The number of halogens is 1. The number of nitrogens with one attached hydrogen (secondary N) is 1. The van der Waals surface area contributed by atoms with Crippen molar-refractivity contribution in [1.82, 2.24) is 5.32 Å². The third kappa shape index (κ3) is 6.21. The van der Waals surface area contributed by atoms with Crippen molar-refractivity contribution in [3.63, 3.8) is 0 Å². The third-order valence-corrected chi connectivity index (χ3v) is 3.37. The fourth-order valence-corrected chi connectivity index (χ4v) is 2.08. The summed E-state index contributed by atoms with van der Waals surface area (Å²) in [7, 11) is 0. The van der Waals surface area contributed by atoms with Gasteiger partial charge in [-0.05, 0) is 61.7 Å². The lowest BCUT2D eigenvalue weighted by Gasteiger charge is -2.09. The summed E-state index contributed by atoms with van der Waals surface area (Å²) in [6.45, 7) is 7.46. The molecule has 0 atom stereocenters.